The molecule has 5 rings (SSSR count). The number of nitrogens with zero attached hydrogens (tertiary/aromatic N) is 3. The third kappa shape index (κ3) is 2.27. The molecule has 0 saturated carbocycles. The summed E-state index contributed by atoms with van der Waals surface area (Å²) >= 11 is 0. The summed E-state index contributed by atoms with van der Waals surface area (Å²) in [5.41, 5.74) is 8.20. The Morgan fingerprint density at radius 2 is 2.12 bits per heavy atom. The molecule has 1 fully saturated rings. The Labute approximate surface area is 155 Å². The molecule has 4 heterocycles. The molecule has 0 amide bonds. The lowest BCUT2D eigenvalue weighted by Crippen LogP contribution is -2.34. The van der Waals surface area contributed by atoms with Gasteiger partial charge in [-0.15, -0.1) is 0 Å². The van der Waals surface area contributed by atoms with E-state index in [-0.39, 0.29) is 0 Å². The molecular weight excluding hydrogens is 318 g/mol. The lowest BCUT2D eigenvalue weighted by Gasteiger charge is -2.32. The van der Waals surface area contributed by atoms with Crippen LogP contribution in [0.3, 0.4) is 0 Å². The first-order valence-corrected chi connectivity index (χ1v) is 9.57. The van der Waals surface area contributed by atoms with Gasteiger partial charge in [0, 0.05) is 48.2 Å². The maximum absolute atomic E-state index is 4.28. The third-order valence-corrected chi connectivity index (χ3v) is 6.35. The standard InChI is InChI=1S/C23H25N3/c1-15-6-8-20-19(11-15)23-21-9-7-18(25(21)3)12-22(23)26(20)14-16(2)17-5-4-10-24-13-17/h4-6,8,10-11,13-14,18,21H,7,9,12H2,1-3H3. The van der Waals surface area contributed by atoms with Crippen LogP contribution in [-0.4, -0.2) is 27.5 Å². The second-order valence-electron chi connectivity index (χ2n) is 7.92. The Hall–Kier alpha value is -2.39. The molecule has 0 aliphatic carbocycles. The zero-order valence-electron chi connectivity index (χ0n) is 15.7. The number of pyridine rings is 1. The monoisotopic (exact) mass is 343 g/mol. The van der Waals surface area contributed by atoms with E-state index >= 15 is 0 Å². The van der Waals surface area contributed by atoms with Crippen LogP contribution in [0.15, 0.2) is 42.7 Å². The Kier molecular flexibility index (Phi) is 3.54. The molecule has 2 aliphatic rings. The van der Waals surface area contributed by atoms with E-state index in [1.165, 1.54) is 46.1 Å². The van der Waals surface area contributed by atoms with Crippen LogP contribution < -0.4 is 0 Å². The maximum Gasteiger partial charge on any atom is 0.0529 e. The van der Waals surface area contributed by atoms with Crippen molar-refractivity contribution >= 4 is 22.7 Å². The summed E-state index contributed by atoms with van der Waals surface area (Å²) in [5, 5.41) is 1.44. The smallest absolute Gasteiger partial charge is 0.0529 e. The Morgan fingerprint density at radius 3 is 2.92 bits per heavy atom. The molecule has 0 N–H and O–H groups in total. The fourth-order valence-corrected chi connectivity index (χ4v) is 4.93. The van der Waals surface area contributed by atoms with Crippen LogP contribution in [-0.2, 0) is 6.42 Å². The maximum atomic E-state index is 4.28. The highest BCUT2D eigenvalue weighted by Crippen LogP contribution is 2.47. The average molecular weight is 343 g/mol. The summed E-state index contributed by atoms with van der Waals surface area (Å²) in [6, 6.07) is 12.3. The van der Waals surface area contributed by atoms with E-state index in [4.69, 9.17) is 0 Å². The highest BCUT2D eigenvalue weighted by Gasteiger charge is 2.40. The lowest BCUT2D eigenvalue weighted by molar-refractivity contribution is 0.223. The van der Waals surface area contributed by atoms with Gasteiger partial charge >= 0.3 is 0 Å². The first-order chi connectivity index (χ1) is 12.6. The van der Waals surface area contributed by atoms with Crippen molar-refractivity contribution in [3.8, 4) is 0 Å². The second-order valence-corrected chi connectivity index (χ2v) is 7.92. The lowest BCUT2D eigenvalue weighted by atomic mass is 9.97. The van der Waals surface area contributed by atoms with Gasteiger partial charge in [-0.05, 0) is 68.6 Å². The van der Waals surface area contributed by atoms with Gasteiger partial charge in [-0.3, -0.25) is 9.88 Å². The minimum Gasteiger partial charge on any atom is -0.320 e. The van der Waals surface area contributed by atoms with Gasteiger partial charge in [0.2, 0.25) is 0 Å². The molecule has 2 aromatic heterocycles. The Bertz CT molecular complexity index is 1010. The molecule has 1 aromatic carbocycles. The number of allylic oxidation sites excluding steroid dienone is 1. The van der Waals surface area contributed by atoms with Crippen molar-refractivity contribution < 1.29 is 0 Å². The molecule has 0 spiro atoms. The van der Waals surface area contributed by atoms with Crippen LogP contribution in [0.4, 0.5) is 0 Å². The van der Waals surface area contributed by atoms with E-state index in [1.807, 2.05) is 18.5 Å². The topological polar surface area (TPSA) is 21.1 Å². The largest absolute Gasteiger partial charge is 0.320 e. The number of fused-ring (bicyclic) bond motifs is 6. The Morgan fingerprint density at radius 1 is 1.23 bits per heavy atom. The second kappa shape index (κ2) is 5.82. The summed E-state index contributed by atoms with van der Waals surface area (Å²) in [7, 11) is 2.31. The van der Waals surface area contributed by atoms with Crippen molar-refractivity contribution in [2.75, 3.05) is 7.05 Å². The average Bonchev–Trinajstić information content (AvgIpc) is 3.06. The van der Waals surface area contributed by atoms with E-state index in [2.05, 4.69) is 65.8 Å². The third-order valence-electron chi connectivity index (χ3n) is 6.35. The molecule has 2 atom stereocenters. The van der Waals surface area contributed by atoms with Gasteiger partial charge in [0.15, 0.2) is 0 Å². The molecule has 26 heavy (non-hydrogen) atoms. The van der Waals surface area contributed by atoms with E-state index in [9.17, 15) is 0 Å². The molecule has 1 saturated heterocycles. The van der Waals surface area contributed by atoms with Gasteiger partial charge in [-0.25, -0.2) is 0 Å². The van der Waals surface area contributed by atoms with E-state index in [0.717, 1.165) is 6.42 Å². The number of hydrogen-bond donors (Lipinski definition) is 0. The Balaban J connectivity index is 1.75. The van der Waals surface area contributed by atoms with Crippen LogP contribution in [0.2, 0.25) is 0 Å². The number of benzene rings is 1. The summed E-state index contributed by atoms with van der Waals surface area (Å²) < 4.78 is 2.46. The van der Waals surface area contributed by atoms with Crippen molar-refractivity contribution in [2.24, 2.45) is 0 Å². The fourth-order valence-electron chi connectivity index (χ4n) is 4.93. The van der Waals surface area contributed by atoms with Crippen molar-refractivity contribution in [1.29, 1.82) is 0 Å². The summed E-state index contributed by atoms with van der Waals surface area (Å²) in [4.78, 5) is 6.89. The van der Waals surface area contributed by atoms with E-state index in [1.54, 1.807) is 5.56 Å². The SMILES string of the molecule is CC(=Cn1c2c(c3cc(C)ccc31)C1CCC(C2)N1C)c1cccnc1. The first kappa shape index (κ1) is 15.8. The van der Waals surface area contributed by atoms with Gasteiger partial charge in [0.25, 0.3) is 0 Å². The molecule has 132 valence electrons. The van der Waals surface area contributed by atoms with E-state index in [0.29, 0.717) is 12.1 Å². The molecule has 3 nitrogen and oxygen atoms in total. The minimum atomic E-state index is 0.571. The van der Waals surface area contributed by atoms with Crippen molar-refractivity contribution in [3.63, 3.8) is 0 Å². The van der Waals surface area contributed by atoms with Gasteiger partial charge in [0.05, 0.1) is 5.52 Å². The summed E-state index contributed by atoms with van der Waals surface area (Å²) in [6.45, 7) is 4.39. The molecule has 3 heteroatoms. The van der Waals surface area contributed by atoms with Crippen LogP contribution >= 0.6 is 0 Å². The zero-order chi connectivity index (χ0) is 17.8. The van der Waals surface area contributed by atoms with Gasteiger partial charge in [-0.1, -0.05) is 17.7 Å². The molecule has 0 radical (unpaired) electrons. The van der Waals surface area contributed by atoms with Crippen LogP contribution in [0.25, 0.3) is 22.7 Å². The highest BCUT2D eigenvalue weighted by atomic mass is 15.2. The highest BCUT2D eigenvalue weighted by molar-refractivity contribution is 5.91. The van der Waals surface area contributed by atoms with Gasteiger partial charge < -0.3 is 4.57 Å². The predicted molar refractivity (Wildman–Crippen MR) is 108 cm³/mol. The van der Waals surface area contributed by atoms with Crippen molar-refractivity contribution in [3.05, 3.63) is 65.1 Å². The first-order valence-electron chi connectivity index (χ1n) is 9.57. The molecule has 3 aromatic rings. The molecular formula is C23H25N3. The molecule has 2 aliphatic heterocycles. The van der Waals surface area contributed by atoms with Crippen molar-refractivity contribution in [1.82, 2.24) is 14.5 Å². The number of hydrogen-bond acceptors (Lipinski definition) is 2. The zero-order valence-corrected chi connectivity index (χ0v) is 15.7. The molecule has 2 bridgehead atoms. The quantitative estimate of drug-likeness (QED) is 0.649. The number of rotatable bonds is 2. The number of aromatic nitrogens is 2. The summed E-state index contributed by atoms with van der Waals surface area (Å²) in [6.07, 6.45) is 9.84. The van der Waals surface area contributed by atoms with Gasteiger partial charge in [0.1, 0.15) is 0 Å². The number of aryl methyl sites for hydroxylation is 1. The van der Waals surface area contributed by atoms with E-state index < -0.39 is 0 Å². The summed E-state index contributed by atoms with van der Waals surface area (Å²) in [5.74, 6) is 0. The predicted octanol–water partition coefficient (Wildman–Crippen LogP) is 5.05. The van der Waals surface area contributed by atoms with Gasteiger partial charge in [-0.2, -0.15) is 0 Å². The van der Waals surface area contributed by atoms with Crippen LogP contribution in [0.5, 0.6) is 0 Å². The van der Waals surface area contributed by atoms with Crippen LogP contribution in [0, 0.1) is 6.92 Å². The van der Waals surface area contributed by atoms with Crippen LogP contribution in [0.1, 0.15) is 48.2 Å². The minimum absolute atomic E-state index is 0.571. The normalized spacial score (nSPS) is 22.8. The number of likely N-dealkylation sites (N-methyl/N-ethyl adjacent to an activating group) is 1. The molecule has 2 unspecified atom stereocenters. The fraction of sp³-hybridized carbons (Fsp3) is 0.348. The van der Waals surface area contributed by atoms with Crippen molar-refractivity contribution in [2.45, 2.75) is 45.2 Å².